The fourth-order valence-electron chi connectivity index (χ4n) is 7.86. The van der Waals surface area contributed by atoms with Gasteiger partial charge in [0.05, 0.1) is 23.3 Å². The van der Waals surface area contributed by atoms with Crippen LogP contribution in [0.1, 0.15) is 66.0 Å². The van der Waals surface area contributed by atoms with E-state index in [2.05, 4.69) is 55.1 Å². The van der Waals surface area contributed by atoms with Gasteiger partial charge in [0, 0.05) is 36.9 Å². The third kappa shape index (κ3) is 5.46. The molecule has 0 radical (unpaired) electrons. The molecular weight excluding hydrogens is 527 g/mol. The van der Waals surface area contributed by atoms with Crippen molar-refractivity contribution in [2.45, 2.75) is 85.0 Å². The second-order valence-electron chi connectivity index (χ2n) is 13.8. The monoisotopic (exact) mass is 572 g/mol. The van der Waals surface area contributed by atoms with Crippen LogP contribution >= 0.6 is 0 Å². The van der Waals surface area contributed by atoms with Crippen LogP contribution in [0, 0.1) is 29.0 Å². The Labute approximate surface area is 248 Å². The number of rotatable bonds is 5. The molecule has 7 atom stereocenters. The van der Waals surface area contributed by atoms with Gasteiger partial charge in [-0.2, -0.15) is 0 Å². The number of halogens is 1. The smallest absolute Gasteiger partial charge is 0.261 e. The van der Waals surface area contributed by atoms with E-state index in [1.807, 2.05) is 25.1 Å². The Morgan fingerprint density at radius 1 is 1.12 bits per heavy atom. The van der Waals surface area contributed by atoms with Crippen molar-refractivity contribution < 1.29 is 4.39 Å². The highest BCUT2D eigenvalue weighted by atomic mass is 19.1. The number of aliphatic imine (C=N–C) groups is 1. The van der Waals surface area contributed by atoms with Crippen LogP contribution in [0.3, 0.4) is 0 Å². The first-order valence-corrected chi connectivity index (χ1v) is 15.6. The molecule has 7 nitrogen and oxygen atoms in total. The molecule has 3 aromatic rings. The van der Waals surface area contributed by atoms with Gasteiger partial charge in [-0.15, -0.1) is 0 Å². The molecule has 1 saturated heterocycles. The molecule has 3 aliphatic carbocycles. The van der Waals surface area contributed by atoms with Crippen LogP contribution in [0.15, 0.2) is 58.6 Å². The molecule has 224 valence electrons. The van der Waals surface area contributed by atoms with Crippen LogP contribution in [0.4, 0.5) is 10.1 Å². The molecule has 2 aromatic carbocycles. The Bertz CT molecular complexity index is 1520. The summed E-state index contributed by atoms with van der Waals surface area (Å²) in [6, 6.07) is 13.2. The molecular formula is C34H45FN6O. The Morgan fingerprint density at radius 3 is 2.50 bits per heavy atom. The van der Waals surface area contributed by atoms with Gasteiger partial charge in [-0.05, 0) is 99.1 Å². The van der Waals surface area contributed by atoms with Crippen molar-refractivity contribution in [1.82, 2.24) is 19.8 Å². The van der Waals surface area contributed by atoms with E-state index >= 15 is 0 Å². The van der Waals surface area contributed by atoms with Crippen LogP contribution in [0.5, 0.6) is 0 Å². The van der Waals surface area contributed by atoms with E-state index in [9.17, 15) is 9.18 Å². The zero-order chi connectivity index (χ0) is 29.8. The normalized spacial score (nSPS) is 29.7. The van der Waals surface area contributed by atoms with Gasteiger partial charge in [0.15, 0.2) is 5.96 Å². The molecule has 7 rings (SSSR count). The van der Waals surface area contributed by atoms with Crippen LogP contribution < -0.4 is 16.2 Å². The van der Waals surface area contributed by atoms with Gasteiger partial charge < -0.3 is 15.5 Å². The van der Waals surface area contributed by atoms with Crippen molar-refractivity contribution in [2.75, 3.05) is 18.4 Å². The molecule has 1 aliphatic heterocycles. The number of hydrogen-bond acceptors (Lipinski definition) is 4. The van der Waals surface area contributed by atoms with Crippen molar-refractivity contribution >= 4 is 22.5 Å². The quantitative estimate of drug-likeness (QED) is 0.296. The summed E-state index contributed by atoms with van der Waals surface area (Å²) in [6.45, 7) is 15.5. The SMILES string of the molecule is C[C@@H]1CN(/C(=N\C2C[C@H]3C[C@@H]([C@@H]2C)C3(C)C)Nc2ccc3c(=O)n([C@H](C)Cc4ccc(F)cc4)cnc3c2)C[C@H](C)N1. The molecule has 4 fully saturated rings. The number of fused-ring (bicyclic) bond motifs is 3. The summed E-state index contributed by atoms with van der Waals surface area (Å²) in [5.41, 5.74) is 2.87. The Hall–Kier alpha value is -3.26. The number of guanidine groups is 1. The second kappa shape index (κ2) is 11.1. The van der Waals surface area contributed by atoms with Gasteiger partial charge >= 0.3 is 0 Å². The first-order valence-electron chi connectivity index (χ1n) is 15.6. The fraction of sp³-hybridized carbons (Fsp3) is 0.559. The molecule has 8 heteroatoms. The Kier molecular flexibility index (Phi) is 7.62. The van der Waals surface area contributed by atoms with Crippen molar-refractivity contribution in [1.29, 1.82) is 0 Å². The molecule has 2 N–H and O–H groups in total. The van der Waals surface area contributed by atoms with E-state index < -0.39 is 0 Å². The molecule has 2 heterocycles. The van der Waals surface area contributed by atoms with Crippen molar-refractivity contribution in [3.63, 3.8) is 0 Å². The summed E-state index contributed by atoms with van der Waals surface area (Å²) in [5, 5.41) is 7.89. The molecule has 42 heavy (non-hydrogen) atoms. The standard InChI is InChI=1S/C34H45FN6O/c1-20-17-40(18-21(2)37-20)33(39-30-15-25-14-29(23(30)4)34(25,5)6)38-27-11-12-28-31(16-27)36-19-41(32(28)42)22(3)13-24-7-9-26(35)10-8-24/h7-12,16,19-23,25,29-30,37H,13-15,17-18H2,1-6H3,(H,38,39)/t20-,21+,22-,23+,25-,29+,30?/m1/s1. The molecule has 3 saturated carbocycles. The first kappa shape index (κ1) is 28.8. The molecule has 4 aliphatic rings. The van der Waals surface area contributed by atoms with Crippen molar-refractivity contribution in [3.05, 3.63) is 70.5 Å². The van der Waals surface area contributed by atoms with E-state index in [-0.39, 0.29) is 17.4 Å². The average molecular weight is 573 g/mol. The molecule has 0 spiro atoms. The highest BCUT2D eigenvalue weighted by molar-refractivity contribution is 5.96. The number of piperazine rings is 1. The predicted molar refractivity (Wildman–Crippen MR) is 168 cm³/mol. The van der Waals surface area contributed by atoms with Gasteiger partial charge in [0.2, 0.25) is 0 Å². The largest absolute Gasteiger partial charge is 0.340 e. The lowest BCUT2D eigenvalue weighted by molar-refractivity contribution is -0.108. The zero-order valence-corrected chi connectivity index (χ0v) is 25.8. The highest BCUT2D eigenvalue weighted by Gasteiger charge is 2.56. The minimum Gasteiger partial charge on any atom is -0.340 e. The maximum Gasteiger partial charge on any atom is 0.261 e. The van der Waals surface area contributed by atoms with E-state index in [1.54, 1.807) is 23.0 Å². The lowest BCUT2D eigenvalue weighted by Crippen LogP contribution is -2.59. The summed E-state index contributed by atoms with van der Waals surface area (Å²) >= 11 is 0. The lowest BCUT2D eigenvalue weighted by Gasteiger charge is -2.61. The van der Waals surface area contributed by atoms with Gasteiger partial charge in [0.1, 0.15) is 5.82 Å². The first-order chi connectivity index (χ1) is 20.0. The Morgan fingerprint density at radius 2 is 1.83 bits per heavy atom. The van der Waals surface area contributed by atoms with Crippen molar-refractivity contribution in [3.8, 4) is 0 Å². The van der Waals surface area contributed by atoms with Crippen LogP contribution in [0.2, 0.25) is 0 Å². The fourth-order valence-corrected chi connectivity index (χ4v) is 7.86. The van der Waals surface area contributed by atoms with Gasteiger partial charge in [-0.1, -0.05) is 32.9 Å². The zero-order valence-electron chi connectivity index (χ0n) is 25.8. The third-order valence-electron chi connectivity index (χ3n) is 10.4. The average Bonchev–Trinajstić information content (AvgIpc) is 2.94. The number of aromatic nitrogens is 2. The molecule has 2 bridgehead atoms. The summed E-state index contributed by atoms with van der Waals surface area (Å²) in [6.07, 6.45) is 4.73. The van der Waals surface area contributed by atoms with Crippen LogP contribution in [-0.2, 0) is 6.42 Å². The van der Waals surface area contributed by atoms with E-state index in [4.69, 9.17) is 4.99 Å². The number of benzene rings is 2. The minimum absolute atomic E-state index is 0.0716. The van der Waals surface area contributed by atoms with Crippen LogP contribution in [0.25, 0.3) is 10.9 Å². The Balaban J connectivity index is 1.26. The predicted octanol–water partition coefficient (Wildman–Crippen LogP) is 5.86. The van der Waals surface area contributed by atoms with E-state index in [0.717, 1.165) is 48.6 Å². The van der Waals surface area contributed by atoms with Crippen LogP contribution in [-0.4, -0.2) is 51.6 Å². The summed E-state index contributed by atoms with van der Waals surface area (Å²) in [4.78, 5) is 25.9. The summed E-state index contributed by atoms with van der Waals surface area (Å²) in [7, 11) is 0. The topological polar surface area (TPSA) is 74.5 Å². The number of nitrogens with one attached hydrogen (secondary N) is 2. The van der Waals surface area contributed by atoms with Crippen molar-refractivity contribution in [2.24, 2.45) is 28.2 Å². The second-order valence-corrected chi connectivity index (χ2v) is 13.8. The maximum absolute atomic E-state index is 13.5. The van der Waals surface area contributed by atoms with Gasteiger partial charge in [0.25, 0.3) is 5.56 Å². The molecule has 0 amide bonds. The van der Waals surface area contributed by atoms with E-state index in [1.165, 1.54) is 18.6 Å². The number of nitrogens with zero attached hydrogens (tertiary/aromatic N) is 4. The molecule has 1 aromatic heterocycles. The lowest BCUT2D eigenvalue weighted by atomic mass is 9.45. The molecule has 1 unspecified atom stereocenters. The highest BCUT2D eigenvalue weighted by Crippen LogP contribution is 2.61. The van der Waals surface area contributed by atoms with Gasteiger partial charge in [-0.3, -0.25) is 9.36 Å². The van der Waals surface area contributed by atoms with E-state index in [0.29, 0.717) is 46.8 Å². The summed E-state index contributed by atoms with van der Waals surface area (Å²) in [5.74, 6) is 2.68. The maximum atomic E-state index is 13.5. The minimum atomic E-state index is -0.261. The van der Waals surface area contributed by atoms with Gasteiger partial charge in [-0.25, -0.2) is 14.4 Å². The number of hydrogen-bond donors (Lipinski definition) is 2. The third-order valence-corrected chi connectivity index (χ3v) is 10.4. The summed E-state index contributed by atoms with van der Waals surface area (Å²) < 4.78 is 15.0. The number of anilines is 1.